The summed E-state index contributed by atoms with van der Waals surface area (Å²) in [6, 6.07) is 10.6. The van der Waals surface area contributed by atoms with E-state index >= 15 is 0 Å². The van der Waals surface area contributed by atoms with Gasteiger partial charge >= 0.3 is 6.03 Å². The van der Waals surface area contributed by atoms with Crippen LogP contribution in [0.1, 0.15) is 5.56 Å². The lowest BCUT2D eigenvalue weighted by molar-refractivity contribution is 0.251. The van der Waals surface area contributed by atoms with Crippen molar-refractivity contribution in [2.45, 2.75) is 6.54 Å². The van der Waals surface area contributed by atoms with E-state index in [0.717, 1.165) is 22.6 Å². The number of carbonyl (C=O) groups excluding carboxylic acids is 1. The number of aryl methyl sites for hydroxylation is 1. The molecule has 0 radical (unpaired) electrons. The van der Waals surface area contributed by atoms with E-state index in [2.05, 4.69) is 20.7 Å². The Hall–Kier alpha value is -3.35. The Balaban J connectivity index is 1.64. The monoisotopic (exact) mass is 337 g/mol. The Morgan fingerprint density at radius 1 is 1.24 bits per heavy atom. The zero-order valence-electron chi connectivity index (χ0n) is 14.1. The van der Waals surface area contributed by atoms with E-state index in [9.17, 15) is 4.79 Å². The maximum absolute atomic E-state index is 12.1. The summed E-state index contributed by atoms with van der Waals surface area (Å²) in [5.74, 6) is 0.738. The number of urea groups is 1. The van der Waals surface area contributed by atoms with Crippen LogP contribution in [0, 0.1) is 0 Å². The van der Waals surface area contributed by atoms with Crippen LogP contribution in [0.2, 0.25) is 0 Å². The molecule has 7 nitrogen and oxygen atoms in total. The number of hydrogen-bond donors (Lipinski definition) is 2. The molecule has 0 fully saturated rings. The Labute approximate surface area is 145 Å². The van der Waals surface area contributed by atoms with Crippen LogP contribution in [0.15, 0.2) is 55.0 Å². The van der Waals surface area contributed by atoms with Gasteiger partial charge in [0.15, 0.2) is 0 Å². The molecule has 128 valence electrons. The van der Waals surface area contributed by atoms with Crippen LogP contribution in [0.4, 0.5) is 10.5 Å². The first-order valence-electron chi connectivity index (χ1n) is 7.77. The minimum absolute atomic E-state index is 0.286. The van der Waals surface area contributed by atoms with Gasteiger partial charge in [0.25, 0.3) is 0 Å². The van der Waals surface area contributed by atoms with Crippen molar-refractivity contribution < 1.29 is 9.53 Å². The predicted octanol–water partition coefficient (Wildman–Crippen LogP) is 2.81. The van der Waals surface area contributed by atoms with Crippen LogP contribution in [0.5, 0.6) is 5.75 Å². The van der Waals surface area contributed by atoms with Crippen LogP contribution in [-0.4, -0.2) is 27.9 Å². The summed E-state index contributed by atoms with van der Waals surface area (Å²) in [6.45, 7) is 0.361. The number of aromatic nitrogens is 3. The molecule has 0 saturated heterocycles. The summed E-state index contributed by atoms with van der Waals surface area (Å²) in [4.78, 5) is 16.5. The zero-order chi connectivity index (χ0) is 17.6. The number of carbonyl (C=O) groups is 1. The minimum atomic E-state index is -0.286. The first-order valence-corrected chi connectivity index (χ1v) is 7.77. The number of ether oxygens (including phenoxy) is 1. The Kier molecular flexibility index (Phi) is 4.94. The second kappa shape index (κ2) is 7.48. The number of hydrogen-bond acceptors (Lipinski definition) is 4. The lowest BCUT2D eigenvalue weighted by Crippen LogP contribution is -2.28. The molecule has 2 heterocycles. The van der Waals surface area contributed by atoms with Gasteiger partial charge in [-0.05, 0) is 35.9 Å². The first-order chi connectivity index (χ1) is 12.2. The van der Waals surface area contributed by atoms with Crippen molar-refractivity contribution in [3.63, 3.8) is 0 Å². The molecule has 3 rings (SSSR count). The van der Waals surface area contributed by atoms with Gasteiger partial charge in [0.2, 0.25) is 0 Å². The third-order valence-corrected chi connectivity index (χ3v) is 3.66. The van der Waals surface area contributed by atoms with Gasteiger partial charge in [-0.2, -0.15) is 5.10 Å². The molecule has 0 aliphatic heterocycles. The summed E-state index contributed by atoms with van der Waals surface area (Å²) in [5, 5.41) is 9.79. The zero-order valence-corrected chi connectivity index (χ0v) is 14.1. The highest BCUT2D eigenvalue weighted by Crippen LogP contribution is 2.20. The van der Waals surface area contributed by atoms with Crippen LogP contribution >= 0.6 is 0 Å². The number of amides is 2. The Morgan fingerprint density at radius 2 is 2.04 bits per heavy atom. The topological polar surface area (TPSA) is 81.1 Å². The van der Waals surface area contributed by atoms with Crippen molar-refractivity contribution in [3.8, 4) is 17.0 Å². The van der Waals surface area contributed by atoms with E-state index in [0.29, 0.717) is 12.2 Å². The fourth-order valence-electron chi connectivity index (χ4n) is 2.41. The quantitative estimate of drug-likeness (QED) is 0.750. The van der Waals surface area contributed by atoms with Crippen molar-refractivity contribution in [3.05, 3.63) is 60.6 Å². The van der Waals surface area contributed by atoms with Gasteiger partial charge in [0.05, 0.1) is 19.0 Å². The number of nitrogens with zero attached hydrogens (tertiary/aromatic N) is 3. The number of pyridine rings is 1. The van der Waals surface area contributed by atoms with Gasteiger partial charge in [-0.25, -0.2) is 4.79 Å². The normalized spacial score (nSPS) is 10.3. The number of nitrogens with one attached hydrogen (secondary N) is 2. The third kappa shape index (κ3) is 4.14. The second-order valence-electron chi connectivity index (χ2n) is 5.45. The highest BCUT2D eigenvalue weighted by Gasteiger charge is 2.09. The van der Waals surface area contributed by atoms with E-state index in [1.165, 1.54) is 0 Å². The number of anilines is 1. The lowest BCUT2D eigenvalue weighted by atomic mass is 10.1. The first kappa shape index (κ1) is 16.5. The van der Waals surface area contributed by atoms with Crippen molar-refractivity contribution in [1.29, 1.82) is 0 Å². The highest BCUT2D eigenvalue weighted by atomic mass is 16.5. The van der Waals surface area contributed by atoms with Crippen molar-refractivity contribution in [2.24, 2.45) is 7.05 Å². The average Bonchev–Trinajstić information content (AvgIpc) is 3.07. The smallest absolute Gasteiger partial charge is 0.319 e. The fourth-order valence-corrected chi connectivity index (χ4v) is 2.41. The molecule has 0 aliphatic rings. The summed E-state index contributed by atoms with van der Waals surface area (Å²) >= 11 is 0. The van der Waals surface area contributed by atoms with Crippen molar-refractivity contribution >= 4 is 11.7 Å². The van der Waals surface area contributed by atoms with Gasteiger partial charge in [-0.15, -0.1) is 0 Å². The average molecular weight is 337 g/mol. The largest absolute Gasteiger partial charge is 0.497 e. The third-order valence-electron chi connectivity index (χ3n) is 3.66. The van der Waals surface area contributed by atoms with E-state index in [4.69, 9.17) is 4.74 Å². The SMILES string of the molecule is COc1ccc(NC(=O)NCc2cccnc2-c2cnn(C)c2)cc1. The second-order valence-corrected chi connectivity index (χ2v) is 5.45. The number of rotatable bonds is 5. The molecule has 0 atom stereocenters. The molecule has 1 aromatic carbocycles. The highest BCUT2D eigenvalue weighted by molar-refractivity contribution is 5.89. The van der Waals surface area contributed by atoms with E-state index < -0.39 is 0 Å². The van der Waals surface area contributed by atoms with Crippen LogP contribution < -0.4 is 15.4 Å². The summed E-state index contributed by atoms with van der Waals surface area (Å²) in [5.41, 5.74) is 3.33. The molecular formula is C18H19N5O2. The maximum Gasteiger partial charge on any atom is 0.319 e. The van der Waals surface area contributed by atoms with Crippen molar-refractivity contribution in [2.75, 3.05) is 12.4 Å². The summed E-state index contributed by atoms with van der Waals surface area (Å²) in [7, 11) is 3.45. The van der Waals surface area contributed by atoms with E-state index in [1.807, 2.05) is 25.4 Å². The van der Waals surface area contributed by atoms with E-state index in [-0.39, 0.29) is 6.03 Å². The van der Waals surface area contributed by atoms with Gasteiger partial charge in [-0.3, -0.25) is 9.67 Å². The molecule has 3 aromatic rings. The molecule has 0 spiro atoms. The standard InChI is InChI=1S/C18H19N5O2/c1-23-12-14(11-21-23)17-13(4-3-9-19-17)10-20-18(24)22-15-5-7-16(25-2)8-6-15/h3-9,11-12H,10H2,1-2H3,(H2,20,22,24). The molecule has 0 unspecified atom stereocenters. The predicted molar refractivity (Wildman–Crippen MR) is 95.3 cm³/mol. The molecule has 0 aliphatic carbocycles. The number of methoxy groups -OCH3 is 1. The van der Waals surface area contributed by atoms with Crippen molar-refractivity contribution in [1.82, 2.24) is 20.1 Å². The molecule has 2 N–H and O–H groups in total. The Bertz CT molecular complexity index is 858. The van der Waals surface area contributed by atoms with Crippen LogP contribution in [0.3, 0.4) is 0 Å². The minimum Gasteiger partial charge on any atom is -0.497 e. The fraction of sp³-hybridized carbons (Fsp3) is 0.167. The summed E-state index contributed by atoms with van der Waals surface area (Å²) in [6.07, 6.45) is 5.37. The van der Waals surface area contributed by atoms with Gasteiger partial charge in [-0.1, -0.05) is 6.07 Å². The molecule has 0 bridgehead atoms. The molecule has 2 amide bonds. The molecule has 25 heavy (non-hydrogen) atoms. The van der Waals surface area contributed by atoms with Gasteiger partial charge in [0, 0.05) is 37.2 Å². The maximum atomic E-state index is 12.1. The Morgan fingerprint density at radius 3 is 2.72 bits per heavy atom. The molecule has 7 heteroatoms. The summed E-state index contributed by atoms with van der Waals surface area (Å²) < 4.78 is 6.81. The van der Waals surface area contributed by atoms with Gasteiger partial charge in [0.1, 0.15) is 5.75 Å². The van der Waals surface area contributed by atoms with E-state index in [1.54, 1.807) is 48.5 Å². The number of benzene rings is 1. The van der Waals surface area contributed by atoms with Crippen LogP contribution in [0.25, 0.3) is 11.3 Å². The molecule has 2 aromatic heterocycles. The lowest BCUT2D eigenvalue weighted by Gasteiger charge is -2.10. The molecular weight excluding hydrogens is 318 g/mol. The molecule has 0 saturated carbocycles. The van der Waals surface area contributed by atoms with Crippen LogP contribution in [-0.2, 0) is 13.6 Å². The van der Waals surface area contributed by atoms with Gasteiger partial charge < -0.3 is 15.4 Å².